The van der Waals surface area contributed by atoms with Gasteiger partial charge in [0.2, 0.25) is 0 Å². The van der Waals surface area contributed by atoms with Crippen LogP contribution in [0.15, 0.2) is 61.2 Å². The third-order valence-electron chi connectivity index (χ3n) is 6.06. The highest BCUT2D eigenvalue weighted by atomic mass is 35.5. The van der Waals surface area contributed by atoms with E-state index in [4.69, 9.17) is 11.6 Å². The zero-order valence-electron chi connectivity index (χ0n) is 18.0. The van der Waals surface area contributed by atoms with Crippen LogP contribution in [0.3, 0.4) is 0 Å². The molecule has 0 spiro atoms. The van der Waals surface area contributed by atoms with Gasteiger partial charge in [0.1, 0.15) is 0 Å². The molecular formula is C25H26ClN3O2. The van der Waals surface area contributed by atoms with E-state index in [2.05, 4.69) is 46.8 Å². The first-order valence-corrected chi connectivity index (χ1v) is 10.7. The molecule has 0 atom stereocenters. The summed E-state index contributed by atoms with van der Waals surface area (Å²) in [5.74, 6) is -0.772. The van der Waals surface area contributed by atoms with Crippen molar-refractivity contribution in [2.75, 3.05) is 0 Å². The number of benzene rings is 2. The van der Waals surface area contributed by atoms with Crippen molar-refractivity contribution in [2.24, 2.45) is 5.41 Å². The van der Waals surface area contributed by atoms with Gasteiger partial charge in [-0.2, -0.15) is 0 Å². The highest BCUT2D eigenvalue weighted by molar-refractivity contribution is 6.31. The van der Waals surface area contributed by atoms with Gasteiger partial charge >= 0.3 is 5.97 Å². The topological polar surface area (TPSA) is 60.0 Å². The van der Waals surface area contributed by atoms with Gasteiger partial charge in [0.15, 0.2) is 0 Å². The van der Waals surface area contributed by atoms with Crippen LogP contribution in [0.2, 0.25) is 5.02 Å². The van der Waals surface area contributed by atoms with E-state index < -0.39 is 11.4 Å². The van der Waals surface area contributed by atoms with Gasteiger partial charge in [0.05, 0.1) is 11.7 Å². The zero-order chi connectivity index (χ0) is 22.2. The normalized spacial score (nSPS) is 11.9. The molecule has 0 saturated carbocycles. The Morgan fingerprint density at radius 3 is 2.55 bits per heavy atom. The molecule has 31 heavy (non-hydrogen) atoms. The molecule has 0 amide bonds. The largest absolute Gasteiger partial charge is 0.481 e. The van der Waals surface area contributed by atoms with Crippen molar-refractivity contribution in [3.8, 4) is 5.69 Å². The molecule has 1 N–H and O–H groups in total. The molecule has 0 aliphatic heterocycles. The molecule has 0 saturated heterocycles. The van der Waals surface area contributed by atoms with Crippen LogP contribution >= 0.6 is 11.6 Å². The minimum absolute atomic E-state index is 0.562. The third kappa shape index (κ3) is 4.23. The monoisotopic (exact) mass is 435 g/mol. The van der Waals surface area contributed by atoms with Crippen LogP contribution in [0, 0.1) is 12.3 Å². The fourth-order valence-corrected chi connectivity index (χ4v) is 4.13. The lowest BCUT2D eigenvalue weighted by atomic mass is 9.87. The van der Waals surface area contributed by atoms with Gasteiger partial charge in [-0.15, -0.1) is 0 Å². The summed E-state index contributed by atoms with van der Waals surface area (Å²) in [6, 6.07) is 14.4. The molecule has 0 bridgehead atoms. The number of hydrogen-bond acceptors (Lipinski definition) is 2. The van der Waals surface area contributed by atoms with Gasteiger partial charge in [-0.3, -0.25) is 4.79 Å². The predicted molar refractivity (Wildman–Crippen MR) is 124 cm³/mol. The van der Waals surface area contributed by atoms with Gasteiger partial charge in [0, 0.05) is 46.2 Å². The second-order valence-electron chi connectivity index (χ2n) is 8.64. The Kier molecular flexibility index (Phi) is 5.63. The Bertz CT molecular complexity index is 1220. The number of hydrogen-bond donors (Lipinski definition) is 1. The van der Waals surface area contributed by atoms with Crippen molar-refractivity contribution in [1.29, 1.82) is 0 Å². The molecule has 4 rings (SSSR count). The van der Waals surface area contributed by atoms with Gasteiger partial charge in [0.25, 0.3) is 0 Å². The number of nitrogens with zero attached hydrogens (tertiary/aromatic N) is 3. The van der Waals surface area contributed by atoms with Crippen LogP contribution in [0.5, 0.6) is 0 Å². The average molecular weight is 436 g/mol. The fraction of sp³-hybridized carbons (Fsp3) is 0.280. The molecule has 0 aliphatic carbocycles. The van der Waals surface area contributed by atoms with E-state index in [1.165, 1.54) is 5.56 Å². The molecule has 4 aromatic rings. The Morgan fingerprint density at radius 2 is 1.90 bits per heavy atom. The lowest BCUT2D eigenvalue weighted by molar-refractivity contribution is -0.147. The summed E-state index contributed by atoms with van der Waals surface area (Å²) in [4.78, 5) is 15.7. The maximum absolute atomic E-state index is 11.6. The summed E-state index contributed by atoms with van der Waals surface area (Å²) in [7, 11) is 0. The number of carboxylic acid groups (broad SMARTS) is 1. The summed E-state index contributed by atoms with van der Waals surface area (Å²) < 4.78 is 4.27. The van der Waals surface area contributed by atoms with Crippen LogP contribution in [-0.2, 0) is 17.8 Å². The molecule has 160 valence electrons. The van der Waals surface area contributed by atoms with Gasteiger partial charge < -0.3 is 14.2 Å². The average Bonchev–Trinajstić information content (AvgIpc) is 3.35. The third-order valence-corrected chi connectivity index (χ3v) is 6.29. The molecule has 2 aromatic heterocycles. The first kappa shape index (κ1) is 21.2. The smallest absolute Gasteiger partial charge is 0.309 e. The van der Waals surface area contributed by atoms with Crippen molar-refractivity contribution in [3.05, 3.63) is 83.0 Å². The van der Waals surface area contributed by atoms with Gasteiger partial charge in [-0.1, -0.05) is 23.7 Å². The van der Waals surface area contributed by atoms with Crippen molar-refractivity contribution in [3.63, 3.8) is 0 Å². The van der Waals surface area contributed by atoms with E-state index in [1.807, 2.05) is 22.9 Å². The van der Waals surface area contributed by atoms with Gasteiger partial charge in [-0.25, -0.2) is 4.98 Å². The zero-order valence-corrected chi connectivity index (χ0v) is 18.7. The summed E-state index contributed by atoms with van der Waals surface area (Å²) in [5.41, 5.74) is 4.89. The van der Waals surface area contributed by atoms with Crippen molar-refractivity contribution in [1.82, 2.24) is 14.1 Å². The first-order chi connectivity index (χ1) is 14.8. The van der Waals surface area contributed by atoms with E-state index in [9.17, 15) is 9.90 Å². The molecule has 6 heteroatoms. The number of carboxylic acids is 1. The molecule has 5 nitrogen and oxygen atoms in total. The molecule has 0 aliphatic rings. The quantitative estimate of drug-likeness (QED) is 0.394. The van der Waals surface area contributed by atoms with Crippen molar-refractivity contribution >= 4 is 28.5 Å². The SMILES string of the molecule is Cc1c(CCC(C)(C)C(=O)O)n(Cc2ccc(-n3ccnc3)cc2)c2ccc(Cl)cc12. The van der Waals surface area contributed by atoms with Crippen LogP contribution in [0.1, 0.15) is 37.1 Å². The number of imidazole rings is 1. The number of aromatic nitrogens is 3. The van der Waals surface area contributed by atoms with Crippen molar-refractivity contribution < 1.29 is 9.90 Å². The van der Waals surface area contributed by atoms with Gasteiger partial charge in [-0.05, 0) is 75.1 Å². The minimum atomic E-state index is -0.780. The molecule has 0 radical (unpaired) electrons. The molecular weight excluding hydrogens is 410 g/mol. The standard InChI is InChI=1S/C25H26ClN3O2/c1-17-21-14-19(26)6-9-23(21)29(22(17)10-11-25(2,3)24(30)31)15-18-4-7-20(8-5-18)28-13-12-27-16-28/h4-9,12-14,16H,10-11,15H2,1-3H3,(H,30,31). The van der Waals surface area contributed by atoms with E-state index >= 15 is 0 Å². The summed E-state index contributed by atoms with van der Waals surface area (Å²) >= 11 is 6.28. The number of aryl methyl sites for hydroxylation is 1. The number of carbonyl (C=O) groups is 1. The highest BCUT2D eigenvalue weighted by Crippen LogP contribution is 2.32. The second-order valence-corrected chi connectivity index (χ2v) is 9.08. The molecule has 0 fully saturated rings. The Balaban J connectivity index is 1.70. The fourth-order valence-electron chi connectivity index (χ4n) is 3.96. The molecule has 2 heterocycles. The lowest BCUT2D eigenvalue weighted by Gasteiger charge is -2.20. The van der Waals surface area contributed by atoms with Crippen LogP contribution in [0.25, 0.3) is 16.6 Å². The summed E-state index contributed by atoms with van der Waals surface area (Å²) in [6.45, 7) is 6.37. The Morgan fingerprint density at radius 1 is 1.16 bits per heavy atom. The molecule has 0 unspecified atom stereocenters. The predicted octanol–water partition coefficient (Wildman–Crippen LogP) is 5.88. The second kappa shape index (κ2) is 8.23. The maximum atomic E-state index is 11.6. The van der Waals surface area contributed by atoms with Crippen molar-refractivity contribution in [2.45, 2.75) is 40.2 Å². The molecule has 2 aromatic carbocycles. The maximum Gasteiger partial charge on any atom is 0.309 e. The van der Waals surface area contributed by atoms with Crippen LogP contribution in [0.4, 0.5) is 0 Å². The Labute approximate surface area is 186 Å². The first-order valence-electron chi connectivity index (χ1n) is 10.3. The number of fused-ring (bicyclic) bond motifs is 1. The summed E-state index contributed by atoms with van der Waals surface area (Å²) in [5, 5.41) is 11.4. The number of rotatable bonds is 7. The number of aliphatic carboxylic acids is 1. The van der Waals surface area contributed by atoms with Crippen LogP contribution in [-0.4, -0.2) is 25.2 Å². The lowest BCUT2D eigenvalue weighted by Crippen LogP contribution is -2.24. The van der Waals surface area contributed by atoms with E-state index in [1.54, 1.807) is 26.4 Å². The van der Waals surface area contributed by atoms with E-state index in [0.29, 0.717) is 24.4 Å². The minimum Gasteiger partial charge on any atom is -0.481 e. The Hall–Kier alpha value is -3.05. The highest BCUT2D eigenvalue weighted by Gasteiger charge is 2.28. The van der Waals surface area contributed by atoms with Crippen LogP contribution < -0.4 is 0 Å². The summed E-state index contributed by atoms with van der Waals surface area (Å²) in [6.07, 6.45) is 6.71. The van der Waals surface area contributed by atoms with E-state index in [-0.39, 0.29) is 0 Å². The number of halogens is 1. The van der Waals surface area contributed by atoms with E-state index in [0.717, 1.165) is 27.8 Å².